The van der Waals surface area contributed by atoms with E-state index in [1.165, 1.54) is 0 Å². The zero-order valence-electron chi connectivity index (χ0n) is 17.2. The monoisotopic (exact) mass is 509 g/mol. The third-order valence-electron chi connectivity index (χ3n) is 4.33. The highest BCUT2D eigenvalue weighted by Crippen LogP contribution is 2.30. The first-order chi connectivity index (χ1) is 13.7. The van der Waals surface area contributed by atoms with Crippen molar-refractivity contribution in [2.24, 2.45) is 12.0 Å². The average Bonchev–Trinajstić information content (AvgIpc) is 3.03. The minimum atomic E-state index is 0. The number of anilines is 1. The predicted octanol–water partition coefficient (Wildman–Crippen LogP) is 4.18. The fraction of sp³-hybridized carbons (Fsp3) is 0.333. The number of guanidine groups is 1. The van der Waals surface area contributed by atoms with E-state index in [4.69, 9.17) is 9.47 Å². The molecule has 8 heteroatoms. The number of hydrogen-bond donors (Lipinski definition) is 2. The molecule has 0 bridgehead atoms. The van der Waals surface area contributed by atoms with Gasteiger partial charge in [-0.1, -0.05) is 12.1 Å². The van der Waals surface area contributed by atoms with Crippen molar-refractivity contribution in [1.29, 1.82) is 0 Å². The van der Waals surface area contributed by atoms with Gasteiger partial charge < -0.3 is 24.7 Å². The van der Waals surface area contributed by atoms with Gasteiger partial charge in [0.15, 0.2) is 17.5 Å². The van der Waals surface area contributed by atoms with Crippen molar-refractivity contribution in [3.63, 3.8) is 0 Å². The van der Waals surface area contributed by atoms with E-state index in [0.29, 0.717) is 24.9 Å². The minimum Gasteiger partial charge on any atom is -0.493 e. The van der Waals surface area contributed by atoms with Gasteiger partial charge in [-0.2, -0.15) is 0 Å². The number of nitrogens with zero attached hydrogens (tertiary/aromatic N) is 3. The Hall–Kier alpha value is -2.49. The maximum Gasteiger partial charge on any atom is 0.196 e. The lowest BCUT2D eigenvalue weighted by Crippen LogP contribution is -2.30. The van der Waals surface area contributed by atoms with Crippen molar-refractivity contribution in [2.45, 2.75) is 20.4 Å². The number of nitrogens with one attached hydrogen (secondary N) is 2. The van der Waals surface area contributed by atoms with Gasteiger partial charge in [0.05, 0.1) is 24.8 Å². The molecule has 0 unspecified atom stereocenters. The van der Waals surface area contributed by atoms with Crippen LogP contribution in [0.5, 0.6) is 11.5 Å². The van der Waals surface area contributed by atoms with Gasteiger partial charge in [0.1, 0.15) is 12.4 Å². The normalized spacial score (nSPS) is 11.1. The van der Waals surface area contributed by atoms with Gasteiger partial charge in [-0.15, -0.1) is 24.0 Å². The molecule has 2 N–H and O–H groups in total. The largest absolute Gasteiger partial charge is 0.493 e. The zero-order chi connectivity index (χ0) is 19.9. The number of rotatable bonds is 7. The fourth-order valence-corrected chi connectivity index (χ4v) is 2.95. The van der Waals surface area contributed by atoms with E-state index in [0.717, 1.165) is 34.8 Å². The van der Waals surface area contributed by atoms with Crippen molar-refractivity contribution < 1.29 is 9.47 Å². The highest BCUT2D eigenvalue weighted by molar-refractivity contribution is 14.0. The van der Waals surface area contributed by atoms with Crippen molar-refractivity contribution in [1.82, 2.24) is 14.9 Å². The van der Waals surface area contributed by atoms with Crippen LogP contribution in [0.2, 0.25) is 0 Å². The van der Waals surface area contributed by atoms with Crippen LogP contribution in [0.15, 0.2) is 47.5 Å². The van der Waals surface area contributed by atoms with Gasteiger partial charge in [0.25, 0.3) is 0 Å². The average molecular weight is 509 g/mol. The number of fused-ring (bicyclic) bond motifs is 1. The number of halogens is 1. The Labute approximate surface area is 188 Å². The zero-order valence-corrected chi connectivity index (χ0v) is 19.6. The number of para-hydroxylation sites is 2. The lowest BCUT2D eigenvalue weighted by Gasteiger charge is -2.14. The Kier molecular flexibility index (Phi) is 8.56. The molecule has 0 spiro atoms. The molecular formula is C21H28IN5O2. The molecule has 1 heterocycles. The van der Waals surface area contributed by atoms with Crippen LogP contribution >= 0.6 is 24.0 Å². The number of aliphatic imine (C=N–C) groups is 1. The van der Waals surface area contributed by atoms with Crippen LogP contribution in [-0.2, 0) is 13.6 Å². The molecule has 0 aliphatic rings. The van der Waals surface area contributed by atoms with Crippen LogP contribution in [0.1, 0.15) is 19.7 Å². The maximum absolute atomic E-state index is 5.57. The van der Waals surface area contributed by atoms with E-state index in [9.17, 15) is 0 Å². The summed E-state index contributed by atoms with van der Waals surface area (Å²) in [5.74, 6) is 2.98. The van der Waals surface area contributed by atoms with Crippen LogP contribution in [0.4, 0.5) is 5.69 Å². The third-order valence-corrected chi connectivity index (χ3v) is 4.33. The van der Waals surface area contributed by atoms with Crippen molar-refractivity contribution in [3.8, 4) is 11.5 Å². The van der Waals surface area contributed by atoms with E-state index >= 15 is 0 Å². The second-order valence-electron chi connectivity index (χ2n) is 6.19. The molecule has 0 aliphatic heterocycles. The summed E-state index contributed by atoms with van der Waals surface area (Å²) in [7, 11) is 3.64. The molecule has 0 fully saturated rings. The first-order valence-corrected chi connectivity index (χ1v) is 9.42. The quantitative estimate of drug-likeness (QED) is 0.284. The standard InChI is InChI=1S/C21H27N5O2.HI/c1-5-22-21(24-15-11-12-18(28-6-2)19(13-15)27-4)23-14-20-25-16-9-7-8-10-17(16)26(20)3;/h7-13H,5-6,14H2,1-4H3,(H2,22,23,24);1H. The number of hydrogen-bond acceptors (Lipinski definition) is 4. The van der Waals surface area contributed by atoms with Crippen LogP contribution in [0, 0.1) is 0 Å². The second-order valence-corrected chi connectivity index (χ2v) is 6.19. The van der Waals surface area contributed by atoms with Gasteiger partial charge in [-0.3, -0.25) is 0 Å². The molecular weight excluding hydrogens is 481 g/mol. The Bertz CT molecular complexity index is 971. The molecule has 0 saturated heterocycles. The Morgan fingerprint density at radius 2 is 1.93 bits per heavy atom. The molecule has 7 nitrogen and oxygen atoms in total. The van der Waals surface area contributed by atoms with E-state index < -0.39 is 0 Å². The molecule has 1 aromatic heterocycles. The number of ether oxygens (including phenoxy) is 2. The summed E-state index contributed by atoms with van der Waals surface area (Å²) < 4.78 is 13.1. The Morgan fingerprint density at radius 1 is 1.14 bits per heavy atom. The van der Waals surface area contributed by atoms with Crippen molar-refractivity contribution in [2.75, 3.05) is 25.6 Å². The summed E-state index contributed by atoms with van der Waals surface area (Å²) in [5, 5.41) is 6.58. The molecule has 0 atom stereocenters. The van der Waals surface area contributed by atoms with E-state index in [1.54, 1.807) is 7.11 Å². The molecule has 0 saturated carbocycles. The number of aryl methyl sites for hydroxylation is 1. The topological polar surface area (TPSA) is 72.7 Å². The molecule has 3 aromatic rings. The predicted molar refractivity (Wildman–Crippen MR) is 129 cm³/mol. The Balaban J connectivity index is 0.00000300. The van der Waals surface area contributed by atoms with Gasteiger partial charge in [0, 0.05) is 25.3 Å². The van der Waals surface area contributed by atoms with E-state index in [1.807, 2.05) is 57.3 Å². The third kappa shape index (κ3) is 5.53. The van der Waals surface area contributed by atoms with Crippen LogP contribution < -0.4 is 20.1 Å². The van der Waals surface area contributed by atoms with Crippen molar-refractivity contribution >= 4 is 46.7 Å². The van der Waals surface area contributed by atoms with E-state index in [2.05, 4.69) is 31.2 Å². The molecule has 0 amide bonds. The van der Waals surface area contributed by atoms with E-state index in [-0.39, 0.29) is 24.0 Å². The summed E-state index contributed by atoms with van der Waals surface area (Å²) in [5.41, 5.74) is 2.94. The fourth-order valence-electron chi connectivity index (χ4n) is 2.95. The highest BCUT2D eigenvalue weighted by Gasteiger charge is 2.09. The maximum atomic E-state index is 5.57. The van der Waals surface area contributed by atoms with Crippen LogP contribution in [0.25, 0.3) is 11.0 Å². The number of aromatic nitrogens is 2. The SMILES string of the molecule is CCNC(=NCc1nc2ccccc2n1C)Nc1ccc(OCC)c(OC)c1.I. The molecule has 29 heavy (non-hydrogen) atoms. The van der Waals surface area contributed by atoms with Crippen molar-refractivity contribution in [3.05, 3.63) is 48.3 Å². The molecule has 0 aliphatic carbocycles. The molecule has 0 radical (unpaired) electrons. The first-order valence-electron chi connectivity index (χ1n) is 9.42. The lowest BCUT2D eigenvalue weighted by molar-refractivity contribution is 0.311. The second kappa shape index (κ2) is 10.9. The Morgan fingerprint density at radius 3 is 2.62 bits per heavy atom. The van der Waals surface area contributed by atoms with Gasteiger partial charge >= 0.3 is 0 Å². The smallest absolute Gasteiger partial charge is 0.196 e. The van der Waals surface area contributed by atoms with Gasteiger partial charge in [-0.25, -0.2) is 9.98 Å². The molecule has 2 aromatic carbocycles. The van der Waals surface area contributed by atoms with Crippen LogP contribution in [0.3, 0.4) is 0 Å². The summed E-state index contributed by atoms with van der Waals surface area (Å²) >= 11 is 0. The first kappa shape index (κ1) is 22.8. The molecule has 3 rings (SSSR count). The number of methoxy groups -OCH3 is 1. The number of benzene rings is 2. The summed E-state index contributed by atoms with van der Waals surface area (Å²) in [4.78, 5) is 9.36. The number of imidazole rings is 1. The summed E-state index contributed by atoms with van der Waals surface area (Å²) in [6, 6.07) is 13.8. The summed E-state index contributed by atoms with van der Waals surface area (Å²) in [6.07, 6.45) is 0. The van der Waals surface area contributed by atoms with Gasteiger partial charge in [0.2, 0.25) is 0 Å². The summed E-state index contributed by atoms with van der Waals surface area (Å²) in [6.45, 7) is 5.79. The van der Waals surface area contributed by atoms with Gasteiger partial charge in [-0.05, 0) is 38.1 Å². The molecule has 156 valence electrons. The minimum absolute atomic E-state index is 0. The van der Waals surface area contributed by atoms with Crippen LogP contribution in [-0.4, -0.2) is 35.8 Å². The lowest BCUT2D eigenvalue weighted by atomic mass is 10.2. The highest BCUT2D eigenvalue weighted by atomic mass is 127.